The summed E-state index contributed by atoms with van der Waals surface area (Å²) in [4.78, 5) is 0. The van der Waals surface area contributed by atoms with Crippen molar-refractivity contribution < 1.29 is 18.7 Å². The van der Waals surface area contributed by atoms with Crippen molar-refractivity contribution in [3.63, 3.8) is 0 Å². The summed E-state index contributed by atoms with van der Waals surface area (Å²) in [6.07, 6.45) is -0.968. The molecule has 0 saturated heterocycles. The summed E-state index contributed by atoms with van der Waals surface area (Å²) in [5.41, 5.74) is 0.428. The summed E-state index contributed by atoms with van der Waals surface area (Å²) in [5, 5.41) is 9.99. The minimum absolute atomic E-state index is 0.150. The zero-order valence-electron chi connectivity index (χ0n) is 9.61. The molecule has 0 radical (unpaired) electrons. The van der Waals surface area contributed by atoms with Crippen LogP contribution in [-0.2, 0) is 0 Å². The van der Waals surface area contributed by atoms with Crippen molar-refractivity contribution in [3.8, 4) is 5.75 Å². The largest absolute Gasteiger partial charge is 0.494 e. The number of hydrogen-bond acceptors (Lipinski definition) is 3. The predicted molar refractivity (Wildman–Crippen MR) is 60.5 cm³/mol. The van der Waals surface area contributed by atoms with Gasteiger partial charge in [0.1, 0.15) is 17.6 Å². The fraction of sp³-hybridized carbons (Fsp3) is 0.231. The van der Waals surface area contributed by atoms with E-state index >= 15 is 0 Å². The molecule has 90 valence electrons. The van der Waals surface area contributed by atoms with Crippen LogP contribution in [0.3, 0.4) is 0 Å². The van der Waals surface area contributed by atoms with Crippen LogP contribution in [0.2, 0.25) is 0 Å². The highest BCUT2D eigenvalue weighted by Gasteiger charge is 2.16. The lowest BCUT2D eigenvalue weighted by atomic mass is 10.1. The van der Waals surface area contributed by atoms with Crippen molar-refractivity contribution >= 4 is 0 Å². The van der Waals surface area contributed by atoms with Crippen molar-refractivity contribution in [2.45, 2.75) is 13.0 Å². The van der Waals surface area contributed by atoms with Gasteiger partial charge in [0.2, 0.25) is 0 Å². The Bertz CT molecular complexity index is 519. The van der Waals surface area contributed by atoms with E-state index in [1.54, 1.807) is 25.1 Å². The maximum atomic E-state index is 13.5. The molecule has 2 rings (SSSR count). The number of aryl methyl sites for hydroxylation is 1. The Morgan fingerprint density at radius 3 is 2.59 bits per heavy atom. The number of hydrogen-bond donors (Lipinski definition) is 1. The highest BCUT2D eigenvalue weighted by Crippen LogP contribution is 2.27. The second kappa shape index (κ2) is 4.59. The van der Waals surface area contributed by atoms with Gasteiger partial charge in [0, 0.05) is 0 Å². The topological polar surface area (TPSA) is 42.6 Å². The number of aliphatic hydroxyl groups is 1. The molecule has 0 aliphatic rings. The first kappa shape index (κ1) is 11.7. The van der Waals surface area contributed by atoms with E-state index in [1.807, 2.05) is 0 Å². The summed E-state index contributed by atoms with van der Waals surface area (Å²) < 4.78 is 23.6. The fourth-order valence-corrected chi connectivity index (χ4v) is 1.62. The van der Waals surface area contributed by atoms with Gasteiger partial charge in [0.15, 0.2) is 11.6 Å². The SMILES string of the molecule is COc1ccc([C@@H](O)c2ccc(C)o2)cc1F. The first-order chi connectivity index (χ1) is 8.11. The van der Waals surface area contributed by atoms with Crippen LogP contribution in [0, 0.1) is 12.7 Å². The lowest BCUT2D eigenvalue weighted by Gasteiger charge is -2.09. The summed E-state index contributed by atoms with van der Waals surface area (Å²) in [6.45, 7) is 1.78. The summed E-state index contributed by atoms with van der Waals surface area (Å²) >= 11 is 0. The summed E-state index contributed by atoms with van der Waals surface area (Å²) in [5.74, 6) is 0.740. The van der Waals surface area contributed by atoms with Gasteiger partial charge in [-0.3, -0.25) is 0 Å². The van der Waals surface area contributed by atoms with Crippen LogP contribution in [0.4, 0.5) is 4.39 Å². The molecule has 1 aromatic heterocycles. The molecule has 1 aromatic carbocycles. The van der Waals surface area contributed by atoms with E-state index in [9.17, 15) is 9.50 Å². The molecule has 0 bridgehead atoms. The molecule has 0 fully saturated rings. The molecular weight excluding hydrogens is 223 g/mol. The molecule has 0 spiro atoms. The molecule has 17 heavy (non-hydrogen) atoms. The van der Waals surface area contributed by atoms with Gasteiger partial charge in [-0.25, -0.2) is 4.39 Å². The van der Waals surface area contributed by atoms with Crippen molar-refractivity contribution in [2.24, 2.45) is 0 Å². The van der Waals surface area contributed by atoms with Gasteiger partial charge in [0.25, 0.3) is 0 Å². The highest BCUT2D eigenvalue weighted by atomic mass is 19.1. The minimum Gasteiger partial charge on any atom is -0.494 e. The monoisotopic (exact) mass is 236 g/mol. The quantitative estimate of drug-likeness (QED) is 0.891. The molecule has 0 amide bonds. The Balaban J connectivity index is 2.31. The van der Waals surface area contributed by atoms with Crippen LogP contribution in [0.5, 0.6) is 5.75 Å². The average molecular weight is 236 g/mol. The van der Waals surface area contributed by atoms with E-state index in [0.29, 0.717) is 17.1 Å². The standard InChI is InChI=1S/C13H13FO3/c1-8-3-5-12(17-8)13(15)9-4-6-11(16-2)10(14)7-9/h3-7,13,15H,1-2H3/t13-/m1/s1. The highest BCUT2D eigenvalue weighted by molar-refractivity contribution is 5.33. The summed E-state index contributed by atoms with van der Waals surface area (Å²) in [7, 11) is 1.39. The second-order valence-electron chi connectivity index (χ2n) is 3.74. The van der Waals surface area contributed by atoms with Crippen molar-refractivity contribution in [1.82, 2.24) is 0 Å². The smallest absolute Gasteiger partial charge is 0.165 e. The molecule has 1 N–H and O–H groups in total. The lowest BCUT2D eigenvalue weighted by molar-refractivity contribution is 0.187. The molecule has 1 atom stereocenters. The third-order valence-corrected chi connectivity index (χ3v) is 2.52. The molecule has 3 nitrogen and oxygen atoms in total. The van der Waals surface area contributed by atoms with Crippen molar-refractivity contribution in [1.29, 1.82) is 0 Å². The molecule has 2 aromatic rings. The molecular formula is C13H13FO3. The van der Waals surface area contributed by atoms with Crippen molar-refractivity contribution in [3.05, 3.63) is 53.2 Å². The number of ether oxygens (including phenoxy) is 1. The number of benzene rings is 1. The Morgan fingerprint density at radius 2 is 2.06 bits per heavy atom. The fourth-order valence-electron chi connectivity index (χ4n) is 1.62. The van der Waals surface area contributed by atoms with Gasteiger partial charge in [-0.1, -0.05) is 6.07 Å². The zero-order valence-corrected chi connectivity index (χ0v) is 9.61. The minimum atomic E-state index is -0.968. The first-order valence-electron chi connectivity index (χ1n) is 5.19. The van der Waals surface area contributed by atoms with Gasteiger partial charge in [-0.15, -0.1) is 0 Å². The number of halogens is 1. The number of methoxy groups -OCH3 is 1. The van der Waals surface area contributed by atoms with Gasteiger partial charge in [-0.2, -0.15) is 0 Å². The maximum Gasteiger partial charge on any atom is 0.165 e. The third kappa shape index (κ3) is 2.31. The van der Waals surface area contributed by atoms with Gasteiger partial charge in [-0.05, 0) is 36.8 Å². The zero-order chi connectivity index (χ0) is 12.4. The first-order valence-corrected chi connectivity index (χ1v) is 5.19. The Hall–Kier alpha value is -1.81. The van der Waals surface area contributed by atoms with Crippen LogP contribution >= 0.6 is 0 Å². The third-order valence-electron chi connectivity index (χ3n) is 2.52. The van der Waals surface area contributed by atoms with E-state index < -0.39 is 11.9 Å². The summed E-state index contributed by atoms with van der Waals surface area (Å²) in [6, 6.07) is 7.73. The van der Waals surface area contributed by atoms with Gasteiger partial charge < -0.3 is 14.3 Å². The number of furan rings is 1. The van der Waals surface area contributed by atoms with Crippen LogP contribution in [-0.4, -0.2) is 12.2 Å². The predicted octanol–water partition coefficient (Wildman–Crippen LogP) is 2.82. The molecule has 1 heterocycles. The van der Waals surface area contributed by atoms with Crippen LogP contribution in [0.1, 0.15) is 23.2 Å². The van der Waals surface area contributed by atoms with Gasteiger partial charge in [0.05, 0.1) is 7.11 Å². The second-order valence-corrected chi connectivity index (χ2v) is 3.74. The normalized spacial score (nSPS) is 12.5. The van der Waals surface area contributed by atoms with Crippen LogP contribution in [0.15, 0.2) is 34.7 Å². The lowest BCUT2D eigenvalue weighted by Crippen LogP contribution is -1.99. The Labute approximate surface area is 98.5 Å². The van der Waals surface area contributed by atoms with E-state index in [0.717, 1.165) is 0 Å². The van der Waals surface area contributed by atoms with E-state index in [-0.39, 0.29) is 5.75 Å². The average Bonchev–Trinajstić information content (AvgIpc) is 2.75. The molecule has 0 aliphatic heterocycles. The number of rotatable bonds is 3. The molecule has 0 saturated carbocycles. The molecule has 0 unspecified atom stereocenters. The van der Waals surface area contributed by atoms with E-state index in [4.69, 9.17) is 9.15 Å². The molecule has 4 heteroatoms. The number of aliphatic hydroxyl groups excluding tert-OH is 1. The van der Waals surface area contributed by atoms with E-state index in [2.05, 4.69) is 0 Å². The van der Waals surface area contributed by atoms with Crippen LogP contribution in [0.25, 0.3) is 0 Å². The molecule has 0 aliphatic carbocycles. The Morgan fingerprint density at radius 1 is 1.29 bits per heavy atom. The maximum absolute atomic E-state index is 13.5. The van der Waals surface area contributed by atoms with Crippen molar-refractivity contribution in [2.75, 3.05) is 7.11 Å². The van der Waals surface area contributed by atoms with Crippen LogP contribution < -0.4 is 4.74 Å². The van der Waals surface area contributed by atoms with Gasteiger partial charge >= 0.3 is 0 Å². The Kier molecular flexibility index (Phi) is 3.15. The van der Waals surface area contributed by atoms with E-state index in [1.165, 1.54) is 19.2 Å².